The Labute approximate surface area is 299 Å². The summed E-state index contributed by atoms with van der Waals surface area (Å²) in [5.41, 5.74) is 1.51. The van der Waals surface area contributed by atoms with Gasteiger partial charge in [0.15, 0.2) is 0 Å². The van der Waals surface area contributed by atoms with Crippen LogP contribution in [0, 0.1) is 0 Å². The molecule has 0 aliphatic carbocycles. The summed E-state index contributed by atoms with van der Waals surface area (Å²) in [5.74, 6) is -0.362. The predicted molar refractivity (Wildman–Crippen MR) is 189 cm³/mol. The first-order valence-corrected chi connectivity index (χ1v) is 17.7. The van der Waals surface area contributed by atoms with Crippen molar-refractivity contribution in [3.8, 4) is 0 Å². The maximum atomic E-state index is 12.1. The highest BCUT2D eigenvalue weighted by Gasteiger charge is 2.07. The maximum Gasteiger partial charge on any atom is 0.338 e. The molecule has 1 aromatic carbocycles. The summed E-state index contributed by atoms with van der Waals surface area (Å²) in [4.78, 5) is 12.1. The summed E-state index contributed by atoms with van der Waals surface area (Å²) in [6.45, 7) is 17.6. The lowest BCUT2D eigenvalue weighted by atomic mass is 10.2. The lowest BCUT2D eigenvalue weighted by molar-refractivity contribution is -0.0278. The molecule has 14 nitrogen and oxygen atoms in total. The summed E-state index contributed by atoms with van der Waals surface area (Å²) in [5, 5.41) is 3.32. The Bertz CT molecular complexity index is 863. The van der Waals surface area contributed by atoms with Gasteiger partial charge < -0.3 is 62.2 Å². The minimum atomic E-state index is -0.362. The second kappa shape index (κ2) is 38.0. The number of benzene rings is 1. The number of carbonyl (C=O) groups excluding carboxylic acids is 1. The van der Waals surface area contributed by atoms with Crippen molar-refractivity contribution >= 4 is 11.7 Å². The maximum absolute atomic E-state index is 12.1. The third-order valence-corrected chi connectivity index (χ3v) is 6.40. The van der Waals surface area contributed by atoms with Crippen LogP contribution in [0.3, 0.4) is 0 Å². The normalized spacial score (nSPS) is 11.2. The topological polar surface area (TPSA) is 140 Å². The number of unbranched alkanes of at least 4 members (excludes halogenated alkanes) is 1. The van der Waals surface area contributed by atoms with Gasteiger partial charge in [-0.15, -0.1) is 6.58 Å². The number of esters is 1. The zero-order valence-corrected chi connectivity index (χ0v) is 30.3. The van der Waals surface area contributed by atoms with Gasteiger partial charge in [-0.25, -0.2) is 4.79 Å². The Morgan fingerprint density at radius 1 is 0.520 bits per heavy atom. The molecule has 0 saturated carbocycles. The quantitative estimate of drug-likeness (QED) is 0.0603. The highest BCUT2D eigenvalue weighted by molar-refractivity contribution is 5.89. The Balaban J connectivity index is 1.69. The molecule has 0 bridgehead atoms. The van der Waals surface area contributed by atoms with Crippen molar-refractivity contribution in [3.05, 3.63) is 42.5 Å². The SMILES string of the molecule is C=CCOCCOCCOCCOCCOCCOCCOCCOCCOCCOCCOCCOC(=O)c1ccc(NCCCC)cc1. The smallest absolute Gasteiger partial charge is 0.338 e. The standard InChI is InChI=1S/C36H63NO13/c1-3-5-10-37-35-8-6-34(7-9-35)36(38)50-33-32-49-31-30-48-29-28-47-27-26-46-25-24-45-23-22-44-21-20-43-19-18-42-17-16-41-15-14-40-13-12-39-11-4-2/h4,6-9,37H,2-3,5,10-33H2,1H3. The van der Waals surface area contributed by atoms with E-state index in [9.17, 15) is 4.79 Å². The molecule has 290 valence electrons. The number of hydrogen-bond acceptors (Lipinski definition) is 14. The molecule has 14 heteroatoms. The van der Waals surface area contributed by atoms with Crippen molar-refractivity contribution in [1.82, 2.24) is 0 Å². The second-order valence-corrected chi connectivity index (χ2v) is 10.5. The molecule has 1 rings (SSSR count). The largest absolute Gasteiger partial charge is 0.460 e. The van der Waals surface area contributed by atoms with Gasteiger partial charge in [0, 0.05) is 12.2 Å². The zero-order chi connectivity index (χ0) is 35.8. The third-order valence-electron chi connectivity index (χ3n) is 6.40. The van der Waals surface area contributed by atoms with Crippen molar-refractivity contribution in [2.45, 2.75) is 19.8 Å². The highest BCUT2D eigenvalue weighted by atomic mass is 16.6. The van der Waals surface area contributed by atoms with Crippen LogP contribution in [-0.2, 0) is 56.8 Å². The monoisotopic (exact) mass is 717 g/mol. The number of hydrogen-bond donors (Lipinski definition) is 1. The molecule has 50 heavy (non-hydrogen) atoms. The van der Waals surface area contributed by atoms with Crippen LogP contribution in [0.4, 0.5) is 5.69 Å². The second-order valence-electron chi connectivity index (χ2n) is 10.5. The fourth-order valence-corrected chi connectivity index (χ4v) is 3.78. The van der Waals surface area contributed by atoms with E-state index in [1.165, 1.54) is 0 Å². The third kappa shape index (κ3) is 31.7. The molecule has 0 spiro atoms. The number of ether oxygens (including phenoxy) is 12. The summed E-state index contributed by atoms with van der Waals surface area (Å²) >= 11 is 0. The first-order chi connectivity index (χ1) is 24.8. The number of rotatable bonds is 40. The summed E-state index contributed by atoms with van der Waals surface area (Å²) < 4.78 is 65.0. The average Bonchev–Trinajstić information content (AvgIpc) is 3.13. The van der Waals surface area contributed by atoms with E-state index in [0.29, 0.717) is 151 Å². The molecule has 0 amide bonds. The summed E-state index contributed by atoms with van der Waals surface area (Å²) in [6, 6.07) is 7.29. The van der Waals surface area contributed by atoms with Gasteiger partial charge in [0.2, 0.25) is 0 Å². The Morgan fingerprint density at radius 3 is 1.16 bits per heavy atom. The molecular formula is C36H63NO13. The van der Waals surface area contributed by atoms with Crippen LogP contribution in [-0.4, -0.2) is 164 Å². The Kier molecular flexibility index (Phi) is 34.8. The lowest BCUT2D eigenvalue weighted by Crippen LogP contribution is -2.15. The first kappa shape index (κ1) is 45.8. The Hall–Kier alpha value is -2.21. The molecule has 0 saturated heterocycles. The van der Waals surface area contributed by atoms with Crippen LogP contribution in [0.2, 0.25) is 0 Å². The van der Waals surface area contributed by atoms with Crippen LogP contribution < -0.4 is 5.32 Å². The zero-order valence-electron chi connectivity index (χ0n) is 30.3. The van der Waals surface area contributed by atoms with Gasteiger partial charge in [0.25, 0.3) is 0 Å². The summed E-state index contributed by atoms with van der Waals surface area (Å²) in [7, 11) is 0. The Morgan fingerprint density at radius 2 is 0.840 bits per heavy atom. The summed E-state index contributed by atoms with van der Waals surface area (Å²) in [6.07, 6.45) is 3.95. The molecule has 1 aromatic rings. The van der Waals surface area contributed by atoms with E-state index < -0.39 is 0 Å². The van der Waals surface area contributed by atoms with Crippen molar-refractivity contribution in [1.29, 1.82) is 0 Å². The minimum Gasteiger partial charge on any atom is -0.460 e. The first-order valence-electron chi connectivity index (χ1n) is 17.7. The van der Waals surface area contributed by atoms with E-state index in [0.717, 1.165) is 25.1 Å². The molecule has 0 aliphatic heterocycles. The van der Waals surface area contributed by atoms with Gasteiger partial charge in [-0.3, -0.25) is 0 Å². The number of anilines is 1. The van der Waals surface area contributed by atoms with Gasteiger partial charge in [0.1, 0.15) is 6.61 Å². The lowest BCUT2D eigenvalue weighted by Gasteiger charge is -2.09. The fraction of sp³-hybridized carbons (Fsp3) is 0.750. The molecule has 0 radical (unpaired) electrons. The molecule has 0 aliphatic rings. The number of nitrogens with one attached hydrogen (secondary N) is 1. The van der Waals surface area contributed by atoms with Crippen molar-refractivity contribution in [2.75, 3.05) is 164 Å². The van der Waals surface area contributed by atoms with Crippen LogP contribution in [0.1, 0.15) is 30.1 Å². The van der Waals surface area contributed by atoms with E-state index in [4.69, 9.17) is 56.8 Å². The van der Waals surface area contributed by atoms with Gasteiger partial charge in [-0.1, -0.05) is 19.4 Å². The van der Waals surface area contributed by atoms with Gasteiger partial charge in [-0.05, 0) is 30.7 Å². The van der Waals surface area contributed by atoms with E-state index in [-0.39, 0.29) is 12.6 Å². The fourth-order valence-electron chi connectivity index (χ4n) is 3.78. The molecule has 1 N–H and O–H groups in total. The van der Waals surface area contributed by atoms with Crippen molar-refractivity contribution in [3.63, 3.8) is 0 Å². The van der Waals surface area contributed by atoms with E-state index >= 15 is 0 Å². The van der Waals surface area contributed by atoms with Gasteiger partial charge in [-0.2, -0.15) is 0 Å². The van der Waals surface area contributed by atoms with Gasteiger partial charge in [0.05, 0.1) is 151 Å². The molecule has 0 aromatic heterocycles. The van der Waals surface area contributed by atoms with Gasteiger partial charge >= 0.3 is 5.97 Å². The average molecular weight is 718 g/mol. The van der Waals surface area contributed by atoms with E-state index in [2.05, 4.69) is 18.8 Å². The van der Waals surface area contributed by atoms with Crippen LogP contribution in [0.15, 0.2) is 36.9 Å². The van der Waals surface area contributed by atoms with Crippen LogP contribution >= 0.6 is 0 Å². The van der Waals surface area contributed by atoms with Crippen LogP contribution in [0.25, 0.3) is 0 Å². The molecule has 0 heterocycles. The molecular weight excluding hydrogens is 654 g/mol. The van der Waals surface area contributed by atoms with Crippen molar-refractivity contribution in [2.24, 2.45) is 0 Å². The predicted octanol–water partition coefficient (Wildman–Crippen LogP) is 3.42. The van der Waals surface area contributed by atoms with Crippen LogP contribution in [0.5, 0.6) is 0 Å². The minimum absolute atomic E-state index is 0.189. The molecule has 0 atom stereocenters. The van der Waals surface area contributed by atoms with E-state index in [1.807, 2.05) is 12.1 Å². The highest BCUT2D eigenvalue weighted by Crippen LogP contribution is 2.11. The molecule has 0 fully saturated rings. The number of carbonyl (C=O) groups is 1. The van der Waals surface area contributed by atoms with Crippen molar-refractivity contribution < 1.29 is 61.6 Å². The van der Waals surface area contributed by atoms with E-state index in [1.54, 1.807) is 18.2 Å². The molecule has 0 unspecified atom stereocenters.